The molecule has 0 saturated carbocycles. The minimum atomic E-state index is -0.825. The molecule has 0 aromatic heterocycles. The molecule has 1 heterocycles. The van der Waals surface area contributed by atoms with Crippen molar-refractivity contribution in [1.82, 2.24) is 5.06 Å². The van der Waals surface area contributed by atoms with E-state index < -0.39 is 12.1 Å². The minimum Gasteiger partial charge on any atom is -0.754 e. The maximum atomic E-state index is 12.0. The van der Waals surface area contributed by atoms with Crippen molar-refractivity contribution in [1.29, 1.82) is 0 Å². The third-order valence-corrected chi connectivity index (χ3v) is 3.07. The van der Waals surface area contributed by atoms with Crippen LogP contribution in [-0.2, 0) is 0 Å². The fourth-order valence-electron chi connectivity index (χ4n) is 2.15. The van der Waals surface area contributed by atoms with Gasteiger partial charge in [0.1, 0.15) is 11.9 Å². The summed E-state index contributed by atoms with van der Waals surface area (Å²) in [5.41, 5.74) is 1.51. The van der Waals surface area contributed by atoms with Crippen LogP contribution in [0.25, 0.3) is 0 Å². The van der Waals surface area contributed by atoms with Crippen molar-refractivity contribution < 1.29 is 9.90 Å². The van der Waals surface area contributed by atoms with E-state index in [0.29, 0.717) is 21.9 Å². The average Bonchev–Trinajstić information content (AvgIpc) is 2.43. The van der Waals surface area contributed by atoms with Gasteiger partial charge in [-0.25, -0.2) is 0 Å². The topological polar surface area (TPSA) is 75.6 Å². The molecule has 2 N–H and O–H groups in total. The van der Waals surface area contributed by atoms with Gasteiger partial charge in [0.25, 0.3) is 0 Å². The highest BCUT2D eigenvalue weighted by molar-refractivity contribution is 6.01. The second kappa shape index (κ2) is 4.29. The van der Waals surface area contributed by atoms with Crippen molar-refractivity contribution in [2.24, 2.45) is 0 Å². The molecule has 3 rings (SSSR count). The van der Waals surface area contributed by atoms with Gasteiger partial charge in [0.05, 0.1) is 5.56 Å². The molecule has 0 bridgehead atoms. The first-order valence-corrected chi connectivity index (χ1v) is 5.82. The lowest BCUT2D eigenvalue weighted by Crippen LogP contribution is -2.38. The lowest BCUT2D eigenvalue weighted by molar-refractivity contribution is 0.0771. The summed E-state index contributed by atoms with van der Waals surface area (Å²) in [6.45, 7) is 0. The number of para-hydroxylation sites is 1. The van der Waals surface area contributed by atoms with Crippen LogP contribution >= 0.6 is 0 Å². The first-order chi connectivity index (χ1) is 9.16. The highest BCUT2D eigenvalue weighted by atomic mass is 16.5. The Balaban J connectivity index is 2.04. The zero-order valence-corrected chi connectivity index (χ0v) is 9.91. The molecular weight excluding hydrogens is 244 g/mol. The molecule has 5 nitrogen and oxygen atoms in total. The van der Waals surface area contributed by atoms with Crippen molar-refractivity contribution in [3.8, 4) is 5.75 Å². The summed E-state index contributed by atoms with van der Waals surface area (Å²) in [4.78, 5) is 12.0. The Morgan fingerprint density at radius 3 is 2.74 bits per heavy atom. The van der Waals surface area contributed by atoms with E-state index in [1.165, 1.54) is 12.1 Å². The normalized spacial score (nSPS) is 17.8. The molecule has 0 radical (unpaired) electrons. The first kappa shape index (κ1) is 11.6. The number of carbonyl (C=O) groups is 1. The van der Waals surface area contributed by atoms with E-state index in [2.05, 4.69) is 5.32 Å². The number of nitrogens with zero attached hydrogens (tertiary/aromatic N) is 1. The van der Waals surface area contributed by atoms with E-state index in [4.69, 9.17) is 0 Å². The molecule has 0 aliphatic carbocycles. The summed E-state index contributed by atoms with van der Waals surface area (Å²) < 4.78 is 0. The SMILES string of the molecule is O=C1c2ccccc2NC(c2cccc(O)c2)N1[O-]. The van der Waals surface area contributed by atoms with Gasteiger partial charge in [0.15, 0.2) is 0 Å². The predicted molar refractivity (Wildman–Crippen MR) is 70.4 cm³/mol. The molecule has 19 heavy (non-hydrogen) atoms. The van der Waals surface area contributed by atoms with Crippen molar-refractivity contribution in [3.05, 3.63) is 64.9 Å². The van der Waals surface area contributed by atoms with Crippen molar-refractivity contribution in [2.45, 2.75) is 6.17 Å². The number of anilines is 1. The number of amides is 1. The number of aromatic hydroxyl groups is 1. The number of benzene rings is 2. The van der Waals surface area contributed by atoms with Gasteiger partial charge in [-0.2, -0.15) is 0 Å². The molecule has 1 aliphatic rings. The van der Waals surface area contributed by atoms with Gasteiger partial charge < -0.3 is 20.7 Å². The number of hydroxylamine groups is 2. The van der Waals surface area contributed by atoms with E-state index in [-0.39, 0.29) is 5.75 Å². The Morgan fingerprint density at radius 2 is 1.95 bits per heavy atom. The number of fused-ring (bicyclic) bond motifs is 1. The molecule has 0 fully saturated rings. The molecule has 2 aromatic rings. The largest absolute Gasteiger partial charge is 0.754 e. The van der Waals surface area contributed by atoms with E-state index in [0.717, 1.165) is 0 Å². The maximum absolute atomic E-state index is 12.0. The van der Waals surface area contributed by atoms with Crippen LogP contribution in [0.4, 0.5) is 5.69 Å². The summed E-state index contributed by atoms with van der Waals surface area (Å²) in [7, 11) is 0. The fraction of sp³-hybridized carbons (Fsp3) is 0.0714. The molecule has 0 spiro atoms. The number of phenolic OH excluding ortho intramolecular Hbond substituents is 1. The fourth-order valence-corrected chi connectivity index (χ4v) is 2.15. The third-order valence-electron chi connectivity index (χ3n) is 3.07. The second-order valence-electron chi connectivity index (χ2n) is 4.32. The monoisotopic (exact) mass is 255 g/mol. The maximum Gasteiger partial charge on any atom is 0.247 e. The molecule has 96 valence electrons. The van der Waals surface area contributed by atoms with Crippen molar-refractivity contribution in [2.75, 3.05) is 5.32 Å². The van der Waals surface area contributed by atoms with Crippen LogP contribution in [0.5, 0.6) is 5.75 Å². The number of nitrogens with one attached hydrogen (secondary N) is 1. The van der Waals surface area contributed by atoms with Crippen LogP contribution < -0.4 is 5.32 Å². The van der Waals surface area contributed by atoms with Gasteiger partial charge in [0.2, 0.25) is 5.91 Å². The summed E-state index contributed by atoms with van der Waals surface area (Å²) in [5.74, 6) is -0.526. The summed E-state index contributed by atoms with van der Waals surface area (Å²) >= 11 is 0. The molecule has 0 saturated heterocycles. The van der Waals surface area contributed by atoms with Gasteiger partial charge in [-0.15, -0.1) is 0 Å². The quantitative estimate of drug-likeness (QED) is 0.820. The Labute approximate surface area is 109 Å². The Kier molecular flexibility index (Phi) is 2.61. The van der Waals surface area contributed by atoms with E-state index in [1.54, 1.807) is 36.4 Å². The molecule has 1 atom stereocenters. The highest BCUT2D eigenvalue weighted by Crippen LogP contribution is 2.32. The number of hydrogen-bond donors (Lipinski definition) is 2. The number of carbonyl (C=O) groups excluding carboxylic acids is 1. The number of rotatable bonds is 1. The van der Waals surface area contributed by atoms with Crippen LogP contribution in [0.15, 0.2) is 48.5 Å². The van der Waals surface area contributed by atoms with Gasteiger partial charge in [-0.05, 0) is 29.8 Å². The molecule has 1 unspecified atom stereocenters. The number of hydrogen-bond acceptors (Lipinski definition) is 4. The van der Waals surface area contributed by atoms with Crippen LogP contribution in [0.1, 0.15) is 22.1 Å². The molecule has 5 heteroatoms. The Bertz CT molecular complexity index is 642. The Hall–Kier alpha value is -2.53. The van der Waals surface area contributed by atoms with Crippen LogP contribution in [-0.4, -0.2) is 16.1 Å². The van der Waals surface area contributed by atoms with E-state index in [9.17, 15) is 15.1 Å². The zero-order chi connectivity index (χ0) is 13.4. The van der Waals surface area contributed by atoms with Crippen LogP contribution in [0.2, 0.25) is 0 Å². The molecule has 2 aromatic carbocycles. The first-order valence-electron chi connectivity index (χ1n) is 5.82. The van der Waals surface area contributed by atoms with Gasteiger partial charge in [0, 0.05) is 5.69 Å². The average molecular weight is 255 g/mol. The van der Waals surface area contributed by atoms with Gasteiger partial charge in [-0.3, -0.25) is 4.79 Å². The van der Waals surface area contributed by atoms with E-state index >= 15 is 0 Å². The molecular formula is C14H11N2O3-. The zero-order valence-electron chi connectivity index (χ0n) is 9.91. The number of phenols is 1. The smallest absolute Gasteiger partial charge is 0.247 e. The van der Waals surface area contributed by atoms with Crippen LogP contribution in [0, 0.1) is 5.21 Å². The predicted octanol–water partition coefficient (Wildman–Crippen LogP) is 2.46. The summed E-state index contributed by atoms with van der Waals surface area (Å²) in [6.07, 6.45) is -0.825. The van der Waals surface area contributed by atoms with Crippen molar-refractivity contribution >= 4 is 11.6 Å². The van der Waals surface area contributed by atoms with Crippen molar-refractivity contribution in [3.63, 3.8) is 0 Å². The molecule has 1 aliphatic heterocycles. The highest BCUT2D eigenvalue weighted by Gasteiger charge is 2.26. The summed E-state index contributed by atoms with van der Waals surface area (Å²) in [5, 5.41) is 24.9. The van der Waals surface area contributed by atoms with Crippen LogP contribution in [0.3, 0.4) is 0 Å². The summed E-state index contributed by atoms with van der Waals surface area (Å²) in [6, 6.07) is 13.1. The lowest BCUT2D eigenvalue weighted by atomic mass is 10.1. The minimum absolute atomic E-state index is 0.0546. The van der Waals surface area contributed by atoms with Gasteiger partial charge in [-0.1, -0.05) is 24.3 Å². The van der Waals surface area contributed by atoms with E-state index in [1.807, 2.05) is 0 Å². The standard InChI is InChI=1S/C14H11N2O3/c17-10-5-3-4-9(8-10)13-15-12-7-2-1-6-11(12)14(18)16(13)19/h1-8,13,15,17H/q-1. The van der Waals surface area contributed by atoms with Gasteiger partial charge >= 0.3 is 0 Å². The second-order valence-corrected chi connectivity index (χ2v) is 4.32. The lowest BCUT2D eigenvalue weighted by Gasteiger charge is -2.42. The molecule has 1 amide bonds. The third kappa shape index (κ3) is 1.90. The Morgan fingerprint density at radius 1 is 1.16 bits per heavy atom.